The van der Waals surface area contributed by atoms with E-state index in [4.69, 9.17) is 0 Å². The Kier molecular flexibility index (Phi) is 3.50. The SMILES string of the molecule is CCCNC1(CO)CCN(C)C1. The van der Waals surface area contributed by atoms with Crippen LogP contribution in [0.1, 0.15) is 19.8 Å². The number of nitrogens with one attached hydrogen (secondary N) is 1. The minimum Gasteiger partial charge on any atom is -0.394 e. The van der Waals surface area contributed by atoms with Crippen molar-refractivity contribution in [1.82, 2.24) is 10.2 Å². The van der Waals surface area contributed by atoms with Crippen LogP contribution in [0.5, 0.6) is 0 Å². The molecule has 2 N–H and O–H groups in total. The summed E-state index contributed by atoms with van der Waals surface area (Å²) in [5, 5.41) is 12.7. The van der Waals surface area contributed by atoms with E-state index in [0.29, 0.717) is 0 Å². The lowest BCUT2D eigenvalue weighted by Gasteiger charge is -2.27. The smallest absolute Gasteiger partial charge is 0.0626 e. The molecule has 3 heteroatoms. The molecule has 1 unspecified atom stereocenters. The van der Waals surface area contributed by atoms with E-state index in [9.17, 15) is 5.11 Å². The first-order valence-electron chi connectivity index (χ1n) is 4.77. The van der Waals surface area contributed by atoms with Crippen molar-refractivity contribution in [2.24, 2.45) is 0 Å². The molecule has 0 saturated carbocycles. The zero-order valence-electron chi connectivity index (χ0n) is 8.14. The predicted octanol–water partition coefficient (Wildman–Crippen LogP) is 0.0526. The van der Waals surface area contributed by atoms with Crippen molar-refractivity contribution in [2.45, 2.75) is 25.3 Å². The maximum absolute atomic E-state index is 9.27. The molecule has 1 aliphatic heterocycles. The summed E-state index contributed by atoms with van der Waals surface area (Å²) in [5.74, 6) is 0. The molecule has 0 amide bonds. The summed E-state index contributed by atoms with van der Waals surface area (Å²) in [6, 6.07) is 0. The molecule has 1 saturated heterocycles. The first kappa shape index (κ1) is 9.96. The summed E-state index contributed by atoms with van der Waals surface area (Å²) in [6.45, 7) is 5.49. The van der Waals surface area contributed by atoms with Crippen molar-refractivity contribution in [3.8, 4) is 0 Å². The highest BCUT2D eigenvalue weighted by Crippen LogP contribution is 2.19. The second-order valence-corrected chi connectivity index (χ2v) is 3.85. The van der Waals surface area contributed by atoms with E-state index in [1.807, 2.05) is 0 Å². The average Bonchev–Trinajstić information content (AvgIpc) is 2.45. The molecule has 0 aromatic carbocycles. The van der Waals surface area contributed by atoms with E-state index in [-0.39, 0.29) is 12.1 Å². The van der Waals surface area contributed by atoms with Gasteiger partial charge in [0.15, 0.2) is 0 Å². The number of hydrogen-bond donors (Lipinski definition) is 2. The van der Waals surface area contributed by atoms with Gasteiger partial charge in [-0.25, -0.2) is 0 Å². The summed E-state index contributed by atoms with van der Waals surface area (Å²) in [4.78, 5) is 2.26. The van der Waals surface area contributed by atoms with Gasteiger partial charge in [0.1, 0.15) is 0 Å². The summed E-state index contributed by atoms with van der Waals surface area (Å²) >= 11 is 0. The van der Waals surface area contributed by atoms with E-state index in [1.54, 1.807) is 0 Å². The van der Waals surface area contributed by atoms with Crippen molar-refractivity contribution in [1.29, 1.82) is 0 Å². The van der Waals surface area contributed by atoms with Crippen LogP contribution in [0.2, 0.25) is 0 Å². The molecule has 0 spiro atoms. The quantitative estimate of drug-likeness (QED) is 0.629. The van der Waals surface area contributed by atoms with Gasteiger partial charge in [-0.2, -0.15) is 0 Å². The minimum absolute atomic E-state index is 0.00917. The highest BCUT2D eigenvalue weighted by atomic mass is 16.3. The zero-order chi connectivity index (χ0) is 9.03. The van der Waals surface area contributed by atoms with Gasteiger partial charge < -0.3 is 15.3 Å². The molecule has 12 heavy (non-hydrogen) atoms. The van der Waals surface area contributed by atoms with Crippen molar-refractivity contribution in [3.63, 3.8) is 0 Å². The molecule has 1 atom stereocenters. The Labute approximate surface area is 74.8 Å². The molecular formula is C9H20N2O. The Morgan fingerprint density at radius 1 is 1.58 bits per heavy atom. The molecule has 0 aliphatic carbocycles. The average molecular weight is 172 g/mol. The lowest BCUT2D eigenvalue weighted by atomic mass is 10.00. The molecule has 1 fully saturated rings. The topological polar surface area (TPSA) is 35.5 Å². The molecule has 0 aromatic heterocycles. The van der Waals surface area contributed by atoms with Gasteiger partial charge in [-0.3, -0.25) is 0 Å². The molecule has 1 rings (SSSR count). The lowest BCUT2D eigenvalue weighted by molar-refractivity contribution is 0.165. The number of aliphatic hydroxyl groups excluding tert-OH is 1. The van der Waals surface area contributed by atoms with Crippen molar-refractivity contribution in [3.05, 3.63) is 0 Å². The van der Waals surface area contributed by atoms with E-state index >= 15 is 0 Å². The van der Waals surface area contributed by atoms with Crippen LogP contribution in [0.15, 0.2) is 0 Å². The largest absolute Gasteiger partial charge is 0.394 e. The second-order valence-electron chi connectivity index (χ2n) is 3.85. The minimum atomic E-state index is -0.00917. The summed E-state index contributed by atoms with van der Waals surface area (Å²) < 4.78 is 0. The van der Waals surface area contributed by atoms with Crippen LogP contribution in [0.3, 0.4) is 0 Å². The van der Waals surface area contributed by atoms with Crippen molar-refractivity contribution >= 4 is 0 Å². The van der Waals surface area contributed by atoms with Gasteiger partial charge in [-0.05, 0) is 33.0 Å². The third-order valence-corrected chi connectivity index (χ3v) is 2.60. The molecule has 0 radical (unpaired) electrons. The summed E-state index contributed by atoms with van der Waals surface area (Å²) in [5.41, 5.74) is -0.00917. The Hall–Kier alpha value is -0.120. The predicted molar refractivity (Wildman–Crippen MR) is 50.2 cm³/mol. The first-order chi connectivity index (χ1) is 5.72. The second kappa shape index (κ2) is 4.21. The maximum Gasteiger partial charge on any atom is 0.0626 e. The van der Waals surface area contributed by atoms with Gasteiger partial charge in [0, 0.05) is 6.54 Å². The van der Waals surface area contributed by atoms with E-state index in [0.717, 1.165) is 32.5 Å². The van der Waals surface area contributed by atoms with Crippen LogP contribution >= 0.6 is 0 Å². The van der Waals surface area contributed by atoms with Gasteiger partial charge >= 0.3 is 0 Å². The number of aliphatic hydroxyl groups is 1. The van der Waals surface area contributed by atoms with Gasteiger partial charge in [0.2, 0.25) is 0 Å². The summed E-state index contributed by atoms with van der Waals surface area (Å²) in [7, 11) is 2.10. The van der Waals surface area contributed by atoms with Gasteiger partial charge in [0.05, 0.1) is 12.1 Å². The fraction of sp³-hybridized carbons (Fsp3) is 1.00. The Morgan fingerprint density at radius 2 is 2.33 bits per heavy atom. The van der Waals surface area contributed by atoms with E-state index in [2.05, 4.69) is 24.2 Å². The first-order valence-corrected chi connectivity index (χ1v) is 4.77. The number of likely N-dealkylation sites (N-methyl/N-ethyl adjacent to an activating group) is 1. The highest BCUT2D eigenvalue weighted by Gasteiger charge is 2.34. The third-order valence-electron chi connectivity index (χ3n) is 2.60. The van der Waals surface area contributed by atoms with Crippen LogP contribution in [0.4, 0.5) is 0 Å². The molecule has 1 aliphatic rings. The van der Waals surface area contributed by atoms with Gasteiger partial charge in [0.25, 0.3) is 0 Å². The number of rotatable bonds is 4. The fourth-order valence-electron chi connectivity index (χ4n) is 1.80. The maximum atomic E-state index is 9.27. The Balaban J connectivity index is 2.41. The van der Waals surface area contributed by atoms with Crippen molar-refractivity contribution in [2.75, 3.05) is 33.3 Å². The fourth-order valence-corrected chi connectivity index (χ4v) is 1.80. The molecule has 1 heterocycles. The monoisotopic (exact) mass is 172 g/mol. The van der Waals surface area contributed by atoms with Crippen LogP contribution in [-0.2, 0) is 0 Å². The molecule has 72 valence electrons. The molecular weight excluding hydrogens is 152 g/mol. The Morgan fingerprint density at radius 3 is 2.75 bits per heavy atom. The third kappa shape index (κ3) is 2.19. The Bertz CT molecular complexity index is 140. The van der Waals surface area contributed by atoms with E-state index in [1.165, 1.54) is 0 Å². The van der Waals surface area contributed by atoms with Crippen LogP contribution in [0.25, 0.3) is 0 Å². The van der Waals surface area contributed by atoms with E-state index < -0.39 is 0 Å². The molecule has 0 bridgehead atoms. The number of nitrogens with zero attached hydrogens (tertiary/aromatic N) is 1. The lowest BCUT2D eigenvalue weighted by Crippen LogP contribution is -2.50. The highest BCUT2D eigenvalue weighted by molar-refractivity contribution is 4.95. The molecule has 0 aromatic rings. The standard InChI is InChI=1S/C9H20N2O/c1-3-5-10-9(8-12)4-6-11(2)7-9/h10,12H,3-8H2,1-2H3. The van der Waals surface area contributed by atoms with Crippen LogP contribution in [-0.4, -0.2) is 48.8 Å². The molecule has 3 nitrogen and oxygen atoms in total. The van der Waals surface area contributed by atoms with Gasteiger partial charge in [-0.1, -0.05) is 6.92 Å². The van der Waals surface area contributed by atoms with Crippen LogP contribution < -0.4 is 5.32 Å². The summed E-state index contributed by atoms with van der Waals surface area (Å²) in [6.07, 6.45) is 2.20. The van der Waals surface area contributed by atoms with Gasteiger partial charge in [-0.15, -0.1) is 0 Å². The van der Waals surface area contributed by atoms with Crippen LogP contribution in [0, 0.1) is 0 Å². The number of likely N-dealkylation sites (tertiary alicyclic amines) is 1. The normalized spacial score (nSPS) is 31.2. The zero-order valence-corrected chi connectivity index (χ0v) is 8.14. The van der Waals surface area contributed by atoms with Crippen molar-refractivity contribution < 1.29 is 5.11 Å². The number of hydrogen-bond acceptors (Lipinski definition) is 3.